The van der Waals surface area contributed by atoms with Crippen molar-refractivity contribution in [2.75, 3.05) is 39.3 Å². The van der Waals surface area contributed by atoms with Crippen molar-refractivity contribution in [2.45, 2.75) is 38.8 Å². The van der Waals surface area contributed by atoms with Crippen LogP contribution in [-0.2, 0) is 0 Å². The Hall–Kier alpha value is -0.840. The van der Waals surface area contributed by atoms with Gasteiger partial charge in [-0.2, -0.15) is 0 Å². The number of nitrogens with zero attached hydrogens (tertiary/aromatic N) is 2. The summed E-state index contributed by atoms with van der Waals surface area (Å²) in [6, 6.07) is 5.13. The molecule has 3 rings (SSSR count). The average Bonchev–Trinajstić information content (AvgIpc) is 3.00. The second-order valence-corrected chi connectivity index (χ2v) is 6.86. The smallest absolute Gasteiger partial charge is 0.122 e. The van der Waals surface area contributed by atoms with Crippen LogP contribution in [-0.4, -0.2) is 55.1 Å². The van der Waals surface area contributed by atoms with E-state index in [0.29, 0.717) is 12.1 Å². The molecule has 0 spiro atoms. The molecule has 0 aliphatic carbocycles. The molecule has 21 heavy (non-hydrogen) atoms. The van der Waals surface area contributed by atoms with Crippen LogP contribution in [0.4, 0.5) is 0 Å². The van der Waals surface area contributed by atoms with Crippen LogP contribution >= 0.6 is 0 Å². The number of furan rings is 1. The summed E-state index contributed by atoms with van der Waals surface area (Å²) in [6.07, 6.45) is 4.48. The molecule has 1 aromatic rings. The fourth-order valence-electron chi connectivity index (χ4n) is 3.60. The third-order valence-corrected chi connectivity index (χ3v) is 5.02. The van der Waals surface area contributed by atoms with Gasteiger partial charge in [0, 0.05) is 32.2 Å². The van der Waals surface area contributed by atoms with Gasteiger partial charge in [0.1, 0.15) is 5.76 Å². The van der Waals surface area contributed by atoms with E-state index in [1.807, 2.05) is 12.3 Å². The Balaban J connectivity index is 1.67. The zero-order valence-electron chi connectivity index (χ0n) is 13.4. The molecule has 1 aromatic heterocycles. The summed E-state index contributed by atoms with van der Waals surface area (Å²) < 4.78 is 5.76. The summed E-state index contributed by atoms with van der Waals surface area (Å²) in [5.74, 6) is 2.02. The molecule has 4 heteroatoms. The predicted molar refractivity (Wildman–Crippen MR) is 85.3 cm³/mol. The minimum atomic E-state index is 0.401. The van der Waals surface area contributed by atoms with Gasteiger partial charge in [-0.15, -0.1) is 0 Å². The maximum absolute atomic E-state index is 5.76. The molecule has 2 aliphatic heterocycles. The molecular formula is C17H29N3O. The number of hydrogen-bond acceptors (Lipinski definition) is 4. The number of likely N-dealkylation sites (tertiary alicyclic amines) is 1. The minimum Gasteiger partial charge on any atom is -0.468 e. The van der Waals surface area contributed by atoms with Crippen LogP contribution in [0.3, 0.4) is 0 Å². The van der Waals surface area contributed by atoms with Gasteiger partial charge in [-0.1, -0.05) is 6.92 Å². The molecule has 2 unspecified atom stereocenters. The zero-order valence-corrected chi connectivity index (χ0v) is 13.4. The van der Waals surface area contributed by atoms with E-state index >= 15 is 0 Å². The van der Waals surface area contributed by atoms with Crippen molar-refractivity contribution >= 4 is 0 Å². The Morgan fingerprint density at radius 1 is 1.29 bits per heavy atom. The van der Waals surface area contributed by atoms with E-state index in [1.54, 1.807) is 0 Å². The van der Waals surface area contributed by atoms with E-state index in [4.69, 9.17) is 4.42 Å². The molecule has 3 heterocycles. The minimum absolute atomic E-state index is 0.401. The van der Waals surface area contributed by atoms with Crippen LogP contribution in [0.5, 0.6) is 0 Å². The number of piperidine rings is 1. The summed E-state index contributed by atoms with van der Waals surface area (Å²) >= 11 is 0. The summed E-state index contributed by atoms with van der Waals surface area (Å²) in [4.78, 5) is 5.22. The standard InChI is InChI=1S/C17H29N3O/c1-14-5-8-19(9-6-14)13-16(17-4-3-11-21-17)20-10-7-18-15(2)12-20/h3-4,11,14-16,18H,5-10,12-13H2,1-2H3. The number of rotatable bonds is 4. The largest absolute Gasteiger partial charge is 0.468 e. The molecule has 0 bridgehead atoms. The second kappa shape index (κ2) is 6.95. The molecule has 2 fully saturated rings. The van der Waals surface area contributed by atoms with Gasteiger partial charge in [0.25, 0.3) is 0 Å². The molecule has 2 aliphatic rings. The highest BCUT2D eigenvalue weighted by Gasteiger charge is 2.29. The van der Waals surface area contributed by atoms with Gasteiger partial charge in [0.15, 0.2) is 0 Å². The fraction of sp³-hybridized carbons (Fsp3) is 0.765. The average molecular weight is 291 g/mol. The third kappa shape index (κ3) is 3.87. The first-order chi connectivity index (χ1) is 10.2. The highest BCUT2D eigenvalue weighted by atomic mass is 16.3. The summed E-state index contributed by atoms with van der Waals surface area (Å²) in [5.41, 5.74) is 0. The van der Waals surface area contributed by atoms with Gasteiger partial charge in [0.2, 0.25) is 0 Å². The van der Waals surface area contributed by atoms with Crippen LogP contribution in [0, 0.1) is 5.92 Å². The summed E-state index contributed by atoms with van der Waals surface area (Å²) in [6.45, 7) is 11.5. The lowest BCUT2D eigenvalue weighted by Crippen LogP contribution is -2.52. The van der Waals surface area contributed by atoms with E-state index in [2.05, 4.69) is 35.0 Å². The second-order valence-electron chi connectivity index (χ2n) is 6.86. The first kappa shape index (κ1) is 15.1. The number of piperazine rings is 1. The monoisotopic (exact) mass is 291 g/mol. The Bertz CT molecular complexity index is 412. The topological polar surface area (TPSA) is 31.7 Å². The van der Waals surface area contributed by atoms with Crippen molar-refractivity contribution in [3.63, 3.8) is 0 Å². The van der Waals surface area contributed by atoms with E-state index < -0.39 is 0 Å². The summed E-state index contributed by atoms with van der Waals surface area (Å²) in [7, 11) is 0. The van der Waals surface area contributed by atoms with E-state index in [0.717, 1.165) is 37.9 Å². The van der Waals surface area contributed by atoms with Crippen LogP contribution in [0.2, 0.25) is 0 Å². The van der Waals surface area contributed by atoms with Crippen LogP contribution in [0.15, 0.2) is 22.8 Å². The molecule has 0 aromatic carbocycles. The molecule has 0 radical (unpaired) electrons. The fourth-order valence-corrected chi connectivity index (χ4v) is 3.60. The SMILES string of the molecule is CC1CCN(CC(c2ccco2)N2CCNC(C)C2)CC1. The van der Waals surface area contributed by atoms with Crippen molar-refractivity contribution in [2.24, 2.45) is 5.92 Å². The van der Waals surface area contributed by atoms with Gasteiger partial charge >= 0.3 is 0 Å². The van der Waals surface area contributed by atoms with E-state index in [9.17, 15) is 0 Å². The Morgan fingerprint density at radius 2 is 2.10 bits per heavy atom. The van der Waals surface area contributed by atoms with Crippen molar-refractivity contribution in [3.05, 3.63) is 24.2 Å². The van der Waals surface area contributed by atoms with E-state index in [-0.39, 0.29) is 0 Å². The maximum Gasteiger partial charge on any atom is 0.122 e. The maximum atomic E-state index is 5.76. The van der Waals surface area contributed by atoms with Crippen LogP contribution in [0.25, 0.3) is 0 Å². The molecule has 4 nitrogen and oxygen atoms in total. The quantitative estimate of drug-likeness (QED) is 0.923. The van der Waals surface area contributed by atoms with Crippen LogP contribution < -0.4 is 5.32 Å². The van der Waals surface area contributed by atoms with E-state index in [1.165, 1.54) is 25.9 Å². The van der Waals surface area contributed by atoms with Crippen molar-refractivity contribution in [3.8, 4) is 0 Å². The first-order valence-corrected chi connectivity index (χ1v) is 8.45. The van der Waals surface area contributed by atoms with Crippen molar-refractivity contribution in [1.82, 2.24) is 15.1 Å². The molecule has 1 N–H and O–H groups in total. The number of hydrogen-bond donors (Lipinski definition) is 1. The Kier molecular flexibility index (Phi) is 4.99. The molecule has 2 atom stereocenters. The van der Waals surface area contributed by atoms with Gasteiger partial charge < -0.3 is 14.6 Å². The predicted octanol–water partition coefficient (Wildman–Crippen LogP) is 2.35. The van der Waals surface area contributed by atoms with Crippen molar-refractivity contribution in [1.29, 1.82) is 0 Å². The zero-order chi connectivity index (χ0) is 14.7. The Labute approximate surface area is 128 Å². The lowest BCUT2D eigenvalue weighted by atomic mass is 9.98. The molecule has 118 valence electrons. The highest BCUT2D eigenvalue weighted by Crippen LogP contribution is 2.26. The number of nitrogens with one attached hydrogen (secondary N) is 1. The normalized spacial score (nSPS) is 27.8. The highest BCUT2D eigenvalue weighted by molar-refractivity contribution is 5.06. The summed E-state index contributed by atoms with van der Waals surface area (Å²) in [5, 5.41) is 3.54. The van der Waals surface area contributed by atoms with Crippen LogP contribution in [0.1, 0.15) is 38.5 Å². The molecule has 0 saturated carbocycles. The van der Waals surface area contributed by atoms with Gasteiger partial charge in [-0.25, -0.2) is 0 Å². The molecular weight excluding hydrogens is 262 g/mol. The molecule has 2 saturated heterocycles. The first-order valence-electron chi connectivity index (χ1n) is 8.45. The van der Waals surface area contributed by atoms with Gasteiger partial charge in [-0.05, 0) is 50.9 Å². The van der Waals surface area contributed by atoms with Gasteiger partial charge in [0.05, 0.1) is 12.3 Å². The third-order valence-electron chi connectivity index (χ3n) is 5.02. The van der Waals surface area contributed by atoms with Crippen molar-refractivity contribution < 1.29 is 4.42 Å². The Morgan fingerprint density at radius 3 is 2.76 bits per heavy atom. The molecule has 0 amide bonds. The lowest BCUT2D eigenvalue weighted by molar-refractivity contribution is 0.0815. The van der Waals surface area contributed by atoms with Gasteiger partial charge in [-0.3, -0.25) is 4.90 Å². The lowest BCUT2D eigenvalue weighted by Gasteiger charge is -2.40.